The van der Waals surface area contributed by atoms with E-state index in [0.29, 0.717) is 0 Å². The molecule has 0 aliphatic heterocycles. The normalized spacial score (nSPS) is 10.9. The quantitative estimate of drug-likeness (QED) is 0.204. The van der Waals surface area contributed by atoms with Crippen LogP contribution in [0.25, 0.3) is 0 Å². The molecule has 0 amide bonds. The molecule has 0 unspecified atom stereocenters. The highest BCUT2D eigenvalue weighted by Crippen LogP contribution is 1.60. The Labute approximate surface area is 101 Å². The highest BCUT2D eigenvalue weighted by Gasteiger charge is 1.85. The van der Waals surface area contributed by atoms with E-state index < -0.39 is 31.2 Å². The fourth-order valence-corrected chi connectivity index (χ4v) is 0. The molecule has 99 valence electrons. The fraction of sp³-hybridized carbons (Fsp3) is 0. The van der Waals surface area contributed by atoms with Crippen LogP contribution in [0, 0.1) is 0 Å². The zero-order valence-electron chi connectivity index (χ0n) is 6.93. The summed E-state index contributed by atoms with van der Waals surface area (Å²) < 4.78 is 94.8. The van der Waals surface area contributed by atoms with Gasteiger partial charge in [0, 0.05) is 17.4 Å². The molecule has 0 aromatic rings. The second kappa shape index (κ2) is 9.20. The lowest BCUT2D eigenvalue weighted by Gasteiger charge is -1.68. The molecule has 0 saturated heterocycles. The number of rotatable bonds is 0. The molecule has 0 aliphatic rings. The van der Waals surface area contributed by atoms with E-state index in [2.05, 4.69) is 0 Å². The van der Waals surface area contributed by atoms with Gasteiger partial charge in [-0.2, -0.15) is 25.3 Å². The van der Waals surface area contributed by atoms with E-state index in [1.54, 1.807) is 0 Å². The molecule has 3 radical (unpaired) electrons. The van der Waals surface area contributed by atoms with Crippen molar-refractivity contribution in [3.8, 4) is 0 Å². The van der Waals surface area contributed by atoms with Gasteiger partial charge in [0.25, 0.3) is 0 Å². The van der Waals surface area contributed by atoms with E-state index in [1.807, 2.05) is 0 Å². The van der Waals surface area contributed by atoms with Gasteiger partial charge in [0.05, 0.1) is 0 Å². The third-order valence-corrected chi connectivity index (χ3v) is 0. The first-order chi connectivity index (χ1) is 6.00. The fourth-order valence-electron chi connectivity index (χ4n) is 0. The first-order valence-electron chi connectivity index (χ1n) is 2.10. The second-order valence-electron chi connectivity index (χ2n) is 1.34. The minimum Gasteiger partial charge on any atom is -0.264 e. The molecule has 16 heavy (non-hydrogen) atoms. The van der Waals surface area contributed by atoms with Crippen molar-refractivity contribution in [1.82, 2.24) is 0 Å². The van der Waals surface area contributed by atoms with Crippen molar-refractivity contribution in [2.45, 2.75) is 0 Å². The Balaban J connectivity index is -0.0000000655. The van der Waals surface area contributed by atoms with Crippen LogP contribution >= 0.6 is 0 Å². The first-order valence-corrected chi connectivity index (χ1v) is 6.29. The first kappa shape index (κ1) is 25.1. The van der Waals surface area contributed by atoms with Crippen LogP contribution < -0.4 is 0 Å². The zero-order valence-corrected chi connectivity index (χ0v) is 10.5. The lowest BCUT2D eigenvalue weighted by atomic mass is 15.8. The topological polar surface area (TPSA) is 224 Å². The van der Waals surface area contributed by atoms with Gasteiger partial charge >= 0.3 is 31.2 Å². The maximum absolute atomic E-state index is 8.74. The minimum absolute atomic E-state index is 0. The van der Waals surface area contributed by atoms with Gasteiger partial charge in [-0.1, -0.05) is 0 Å². The van der Waals surface area contributed by atoms with Gasteiger partial charge in [-0.3, -0.25) is 27.3 Å². The standard InChI is InChI=1S/Al.3H2O4S/c;3*1-5(2,3)4/h;3*(H2,1,2,3,4). The van der Waals surface area contributed by atoms with Crippen LogP contribution in [-0.4, -0.2) is 69.9 Å². The Morgan fingerprint density at radius 3 is 0.438 bits per heavy atom. The van der Waals surface area contributed by atoms with Crippen LogP contribution in [0.4, 0.5) is 0 Å². The molecule has 0 spiro atoms. The van der Waals surface area contributed by atoms with E-state index in [4.69, 9.17) is 52.6 Å². The lowest BCUT2D eigenvalue weighted by molar-refractivity contribution is 0.378. The van der Waals surface area contributed by atoms with Crippen LogP contribution in [0.5, 0.6) is 0 Å². The van der Waals surface area contributed by atoms with Crippen LogP contribution in [0.3, 0.4) is 0 Å². The smallest absolute Gasteiger partial charge is 0.264 e. The highest BCUT2D eigenvalue weighted by molar-refractivity contribution is 7.80. The van der Waals surface area contributed by atoms with E-state index in [-0.39, 0.29) is 17.4 Å². The number of hydrogen-bond acceptors (Lipinski definition) is 6. The van der Waals surface area contributed by atoms with Crippen LogP contribution in [0.15, 0.2) is 0 Å². The molecule has 0 saturated carbocycles. The van der Waals surface area contributed by atoms with E-state index in [0.717, 1.165) is 0 Å². The van der Waals surface area contributed by atoms with Gasteiger partial charge in [-0.15, -0.1) is 0 Å². The van der Waals surface area contributed by atoms with Crippen LogP contribution in [0.1, 0.15) is 0 Å². The summed E-state index contributed by atoms with van der Waals surface area (Å²) in [6.45, 7) is 0. The molecule has 16 heteroatoms. The van der Waals surface area contributed by atoms with Gasteiger partial charge in [0.2, 0.25) is 0 Å². The molecule has 0 aromatic heterocycles. The van der Waals surface area contributed by atoms with Gasteiger partial charge in [-0.05, 0) is 0 Å². The molecule has 0 atom stereocenters. The molecule has 0 rings (SSSR count). The Morgan fingerprint density at radius 2 is 0.438 bits per heavy atom. The van der Waals surface area contributed by atoms with Crippen LogP contribution in [-0.2, 0) is 31.2 Å². The van der Waals surface area contributed by atoms with Gasteiger partial charge < -0.3 is 0 Å². The van der Waals surface area contributed by atoms with E-state index >= 15 is 0 Å². The van der Waals surface area contributed by atoms with Crippen LogP contribution in [0.2, 0.25) is 0 Å². The average Bonchev–Trinajstić information content (AvgIpc) is 1.41. The van der Waals surface area contributed by atoms with Crippen molar-refractivity contribution < 1.29 is 52.6 Å². The summed E-state index contributed by atoms with van der Waals surface area (Å²) in [4.78, 5) is 0. The zero-order chi connectivity index (χ0) is 13.5. The molecular formula is H6AlO12S3. The summed E-state index contributed by atoms with van der Waals surface area (Å²) in [6.07, 6.45) is 0. The van der Waals surface area contributed by atoms with Gasteiger partial charge in [-0.25, -0.2) is 0 Å². The summed E-state index contributed by atoms with van der Waals surface area (Å²) in [5.74, 6) is 0. The predicted molar refractivity (Wildman–Crippen MR) is 48.3 cm³/mol. The summed E-state index contributed by atoms with van der Waals surface area (Å²) in [7, 11) is -14.0. The van der Waals surface area contributed by atoms with Crippen molar-refractivity contribution in [3.05, 3.63) is 0 Å². The molecule has 12 nitrogen and oxygen atoms in total. The molecule has 6 N–H and O–H groups in total. The Bertz CT molecular complexity index is 337. The van der Waals surface area contributed by atoms with Crippen molar-refractivity contribution in [1.29, 1.82) is 0 Å². The second-order valence-corrected chi connectivity index (χ2v) is 4.03. The third kappa shape index (κ3) is 120000. The summed E-state index contributed by atoms with van der Waals surface area (Å²) in [5, 5.41) is 0. The Hall–Kier alpha value is 0.142. The van der Waals surface area contributed by atoms with Crippen molar-refractivity contribution in [2.24, 2.45) is 0 Å². The summed E-state index contributed by atoms with van der Waals surface area (Å²) in [6, 6.07) is 0. The summed E-state index contributed by atoms with van der Waals surface area (Å²) >= 11 is 0. The van der Waals surface area contributed by atoms with Gasteiger partial charge in [0.1, 0.15) is 0 Å². The van der Waals surface area contributed by atoms with Crippen molar-refractivity contribution in [3.63, 3.8) is 0 Å². The van der Waals surface area contributed by atoms with E-state index in [9.17, 15) is 0 Å². The Kier molecular flexibility index (Phi) is 14.4. The average molecular weight is 321 g/mol. The van der Waals surface area contributed by atoms with Gasteiger partial charge in [0.15, 0.2) is 0 Å². The maximum atomic E-state index is 8.74. The summed E-state index contributed by atoms with van der Waals surface area (Å²) in [5.41, 5.74) is 0. The SMILES string of the molecule is O=S(=O)(O)O.O=S(=O)(O)O.O=S(=O)(O)O.[Al]. The third-order valence-electron chi connectivity index (χ3n) is 0. The molecular weight excluding hydrogens is 315 g/mol. The molecule has 0 aliphatic carbocycles. The predicted octanol–water partition coefficient (Wildman–Crippen LogP) is -2.34. The molecule has 0 fully saturated rings. The minimum atomic E-state index is -4.67. The Morgan fingerprint density at radius 1 is 0.438 bits per heavy atom. The highest BCUT2D eigenvalue weighted by atomic mass is 32.3. The van der Waals surface area contributed by atoms with E-state index in [1.165, 1.54) is 0 Å². The van der Waals surface area contributed by atoms with Crippen molar-refractivity contribution >= 4 is 48.6 Å². The largest absolute Gasteiger partial charge is 0.394 e. The lowest BCUT2D eigenvalue weighted by Crippen LogP contribution is -1.89. The number of hydrogen-bond donors (Lipinski definition) is 6. The molecule has 0 aromatic carbocycles. The monoisotopic (exact) mass is 321 g/mol. The maximum Gasteiger partial charge on any atom is 0.394 e. The molecule has 0 bridgehead atoms. The van der Waals surface area contributed by atoms with Crippen molar-refractivity contribution in [2.75, 3.05) is 0 Å². The molecule has 0 heterocycles.